The van der Waals surface area contributed by atoms with Crippen molar-refractivity contribution in [1.29, 1.82) is 0 Å². The Kier molecular flexibility index (Phi) is 7.49. The van der Waals surface area contributed by atoms with Gasteiger partial charge in [-0.2, -0.15) is 0 Å². The molecule has 1 heterocycles. The maximum absolute atomic E-state index is 12.2. The number of carbonyl (C=O) groups excluding carboxylic acids is 1. The average molecular weight is 399 g/mol. The van der Waals surface area contributed by atoms with E-state index in [1.54, 1.807) is 26.1 Å². The van der Waals surface area contributed by atoms with E-state index in [0.717, 1.165) is 29.2 Å². The zero-order valence-corrected chi connectivity index (χ0v) is 17.5. The van der Waals surface area contributed by atoms with Crippen LogP contribution < -0.4 is 9.47 Å². The summed E-state index contributed by atoms with van der Waals surface area (Å²) in [5.74, 6) is 1.68. The molecule has 1 atom stereocenters. The van der Waals surface area contributed by atoms with Gasteiger partial charge < -0.3 is 19.1 Å². The van der Waals surface area contributed by atoms with Crippen LogP contribution in [0.15, 0.2) is 48.5 Å². The minimum atomic E-state index is 0.0670. The molecule has 1 amide bonds. The normalized spacial score (nSPS) is 17.0. The quantitative estimate of drug-likeness (QED) is 0.684. The molecule has 2 aromatic carbocycles. The van der Waals surface area contributed by atoms with Crippen LogP contribution in [0.1, 0.15) is 17.5 Å². The molecule has 1 fully saturated rings. The summed E-state index contributed by atoms with van der Waals surface area (Å²) in [5, 5.41) is 0. The first-order chi connectivity index (χ1) is 14.1. The summed E-state index contributed by atoms with van der Waals surface area (Å²) in [4.78, 5) is 16.1. The highest BCUT2D eigenvalue weighted by atomic mass is 16.5. The molecular formula is C23H30N2O4. The van der Waals surface area contributed by atoms with Crippen LogP contribution in [0.5, 0.6) is 11.5 Å². The molecule has 0 saturated carbocycles. The summed E-state index contributed by atoms with van der Waals surface area (Å²) in [6, 6.07) is 16.1. The van der Waals surface area contributed by atoms with Gasteiger partial charge in [0.2, 0.25) is 5.91 Å². The molecule has 156 valence electrons. The molecule has 0 N–H and O–H groups in total. The number of amides is 1. The molecule has 2 aromatic rings. The van der Waals surface area contributed by atoms with Crippen molar-refractivity contribution < 1.29 is 19.0 Å². The van der Waals surface area contributed by atoms with Crippen LogP contribution in [0.4, 0.5) is 0 Å². The molecule has 1 aliphatic heterocycles. The van der Waals surface area contributed by atoms with Crippen molar-refractivity contribution in [2.24, 2.45) is 0 Å². The lowest BCUT2D eigenvalue weighted by Crippen LogP contribution is -2.47. The fourth-order valence-corrected chi connectivity index (χ4v) is 3.37. The number of nitrogens with zero attached hydrogens (tertiary/aromatic N) is 2. The standard InChI is InChI=1S/C23H30N2O4/c1-24(2)23(26)13-20-17-28-12-11-25(20)15-19-9-10-21(14-22(19)27-3)29-16-18-7-5-4-6-8-18/h4-10,14,20H,11-13,15-17H2,1-3H3/t20-/m0/s1. The van der Waals surface area contributed by atoms with Gasteiger partial charge >= 0.3 is 0 Å². The summed E-state index contributed by atoms with van der Waals surface area (Å²) in [5.41, 5.74) is 2.20. The van der Waals surface area contributed by atoms with Gasteiger partial charge in [0.1, 0.15) is 18.1 Å². The van der Waals surface area contributed by atoms with E-state index in [0.29, 0.717) is 32.8 Å². The van der Waals surface area contributed by atoms with Crippen LogP contribution in [-0.2, 0) is 22.7 Å². The highest BCUT2D eigenvalue weighted by Crippen LogP contribution is 2.28. The van der Waals surface area contributed by atoms with Crippen molar-refractivity contribution in [3.63, 3.8) is 0 Å². The van der Waals surface area contributed by atoms with Crippen LogP contribution >= 0.6 is 0 Å². The molecule has 0 spiro atoms. The summed E-state index contributed by atoms with van der Waals surface area (Å²) >= 11 is 0. The first-order valence-electron chi connectivity index (χ1n) is 9.92. The molecule has 0 aromatic heterocycles. The Labute approximate surface area is 173 Å². The highest BCUT2D eigenvalue weighted by molar-refractivity contribution is 5.76. The van der Waals surface area contributed by atoms with Crippen LogP contribution in [0.2, 0.25) is 0 Å². The lowest BCUT2D eigenvalue weighted by molar-refractivity contribution is -0.132. The van der Waals surface area contributed by atoms with Gasteiger partial charge in [0.05, 0.1) is 20.3 Å². The zero-order valence-electron chi connectivity index (χ0n) is 17.5. The van der Waals surface area contributed by atoms with E-state index in [-0.39, 0.29) is 11.9 Å². The second-order valence-corrected chi connectivity index (χ2v) is 7.44. The topological polar surface area (TPSA) is 51.2 Å². The van der Waals surface area contributed by atoms with Gasteiger partial charge in [-0.3, -0.25) is 9.69 Å². The van der Waals surface area contributed by atoms with Gasteiger partial charge in [0, 0.05) is 51.3 Å². The van der Waals surface area contributed by atoms with Crippen molar-refractivity contribution in [2.45, 2.75) is 25.6 Å². The fraction of sp³-hybridized carbons (Fsp3) is 0.435. The number of hydrogen-bond donors (Lipinski definition) is 0. The average Bonchev–Trinajstić information content (AvgIpc) is 2.75. The minimum Gasteiger partial charge on any atom is -0.496 e. The summed E-state index contributed by atoms with van der Waals surface area (Å²) < 4.78 is 17.2. The van der Waals surface area contributed by atoms with Crippen molar-refractivity contribution in [2.75, 3.05) is 41.0 Å². The number of hydrogen-bond acceptors (Lipinski definition) is 5. The molecule has 1 aliphatic rings. The predicted molar refractivity (Wildman–Crippen MR) is 112 cm³/mol. The molecule has 0 bridgehead atoms. The van der Waals surface area contributed by atoms with Crippen LogP contribution in [0.25, 0.3) is 0 Å². The van der Waals surface area contributed by atoms with Gasteiger partial charge in [-0.05, 0) is 11.6 Å². The molecule has 6 heteroatoms. The van der Waals surface area contributed by atoms with Crippen molar-refractivity contribution >= 4 is 5.91 Å². The number of rotatable bonds is 8. The molecule has 0 aliphatic carbocycles. The van der Waals surface area contributed by atoms with Gasteiger partial charge in [-0.25, -0.2) is 0 Å². The molecule has 1 saturated heterocycles. The Hall–Kier alpha value is -2.57. The number of ether oxygens (including phenoxy) is 3. The van der Waals surface area contributed by atoms with Crippen LogP contribution in [0, 0.1) is 0 Å². The number of benzene rings is 2. The minimum absolute atomic E-state index is 0.0670. The van der Waals surface area contributed by atoms with E-state index in [1.807, 2.05) is 48.5 Å². The van der Waals surface area contributed by atoms with E-state index in [2.05, 4.69) is 4.90 Å². The predicted octanol–water partition coefficient (Wildman–Crippen LogP) is 2.95. The Morgan fingerprint density at radius 2 is 2.00 bits per heavy atom. The van der Waals surface area contributed by atoms with E-state index in [1.165, 1.54) is 0 Å². The molecule has 0 unspecified atom stereocenters. The number of methoxy groups -OCH3 is 1. The lowest BCUT2D eigenvalue weighted by Gasteiger charge is -2.36. The Bertz CT molecular complexity index is 795. The maximum Gasteiger partial charge on any atom is 0.223 e. The second kappa shape index (κ2) is 10.3. The van der Waals surface area contributed by atoms with Gasteiger partial charge in [0.25, 0.3) is 0 Å². The first kappa shape index (κ1) is 21.1. The largest absolute Gasteiger partial charge is 0.496 e. The van der Waals surface area contributed by atoms with Gasteiger partial charge in [-0.15, -0.1) is 0 Å². The van der Waals surface area contributed by atoms with E-state index >= 15 is 0 Å². The van der Waals surface area contributed by atoms with E-state index in [9.17, 15) is 4.79 Å². The van der Waals surface area contributed by atoms with E-state index in [4.69, 9.17) is 14.2 Å². The third-order valence-corrected chi connectivity index (χ3v) is 5.14. The Morgan fingerprint density at radius 3 is 2.72 bits per heavy atom. The number of carbonyl (C=O) groups is 1. The number of morpholine rings is 1. The smallest absolute Gasteiger partial charge is 0.223 e. The van der Waals surface area contributed by atoms with Crippen LogP contribution in [0.3, 0.4) is 0 Å². The first-order valence-corrected chi connectivity index (χ1v) is 9.92. The Balaban J connectivity index is 1.66. The molecule has 0 radical (unpaired) electrons. The molecule has 6 nitrogen and oxygen atoms in total. The van der Waals surface area contributed by atoms with Gasteiger partial charge in [0.15, 0.2) is 0 Å². The maximum atomic E-state index is 12.2. The SMILES string of the molecule is COc1cc(OCc2ccccc2)ccc1CN1CCOC[C@@H]1CC(=O)N(C)C. The molecular weight excluding hydrogens is 368 g/mol. The monoisotopic (exact) mass is 398 g/mol. The molecule has 3 rings (SSSR count). The lowest BCUT2D eigenvalue weighted by atomic mass is 10.1. The van der Waals surface area contributed by atoms with E-state index < -0.39 is 0 Å². The van der Waals surface area contributed by atoms with Crippen molar-refractivity contribution in [3.05, 3.63) is 59.7 Å². The second-order valence-electron chi connectivity index (χ2n) is 7.44. The third-order valence-electron chi connectivity index (χ3n) is 5.14. The summed E-state index contributed by atoms with van der Waals surface area (Å²) in [6.07, 6.45) is 0.452. The van der Waals surface area contributed by atoms with Gasteiger partial charge in [-0.1, -0.05) is 36.4 Å². The summed E-state index contributed by atoms with van der Waals surface area (Å²) in [6.45, 7) is 3.26. The van der Waals surface area contributed by atoms with Crippen molar-refractivity contribution in [3.8, 4) is 11.5 Å². The fourth-order valence-electron chi connectivity index (χ4n) is 3.37. The zero-order chi connectivity index (χ0) is 20.6. The Morgan fingerprint density at radius 1 is 1.21 bits per heavy atom. The van der Waals surface area contributed by atoms with Crippen LogP contribution in [-0.4, -0.2) is 62.7 Å². The van der Waals surface area contributed by atoms with Crippen molar-refractivity contribution in [1.82, 2.24) is 9.80 Å². The molecule has 29 heavy (non-hydrogen) atoms. The highest BCUT2D eigenvalue weighted by Gasteiger charge is 2.26. The third kappa shape index (κ3) is 5.95. The summed E-state index contributed by atoms with van der Waals surface area (Å²) in [7, 11) is 5.24.